The average Bonchev–Trinajstić information content (AvgIpc) is 3.29. The fraction of sp³-hybridized carbons (Fsp3) is 0.692. The van der Waals surface area contributed by atoms with Crippen molar-refractivity contribution in [1.29, 1.82) is 0 Å². The van der Waals surface area contributed by atoms with Crippen LogP contribution in [0.25, 0.3) is 0 Å². The van der Waals surface area contributed by atoms with E-state index in [9.17, 15) is 0 Å². The molecule has 0 saturated carbocycles. The van der Waals surface area contributed by atoms with Crippen LogP contribution in [0.3, 0.4) is 0 Å². The summed E-state index contributed by atoms with van der Waals surface area (Å²) < 4.78 is 3.74. The molecule has 0 saturated heterocycles. The van der Waals surface area contributed by atoms with Gasteiger partial charge >= 0.3 is 182 Å². The van der Waals surface area contributed by atoms with Crippen LogP contribution < -0.4 is 24.8 Å². The minimum Gasteiger partial charge on any atom is -1.00 e. The van der Waals surface area contributed by atoms with E-state index >= 15 is 0 Å². The number of rotatable bonds is 10. The molecule has 0 bridgehead atoms. The van der Waals surface area contributed by atoms with Crippen molar-refractivity contribution < 1.29 is 48.0 Å². The van der Waals surface area contributed by atoms with E-state index in [0.29, 0.717) is 10.8 Å². The Hall–Kier alpha value is 0.423. The third-order valence-corrected chi connectivity index (χ3v) is 11.8. The van der Waals surface area contributed by atoms with Crippen molar-refractivity contribution in [2.24, 2.45) is 22.7 Å². The molecule has 0 heterocycles. The Morgan fingerprint density at radius 1 is 0.690 bits per heavy atom. The van der Waals surface area contributed by atoms with E-state index in [1.54, 1.807) is 11.1 Å². The van der Waals surface area contributed by atoms with Crippen molar-refractivity contribution >= 4 is 0 Å². The van der Waals surface area contributed by atoms with Gasteiger partial charge in [0.2, 0.25) is 0 Å². The molecule has 29 heavy (non-hydrogen) atoms. The van der Waals surface area contributed by atoms with Crippen LogP contribution in [-0.4, -0.2) is 0 Å². The van der Waals surface area contributed by atoms with Crippen LogP contribution in [-0.2, 0) is 23.2 Å². The largest absolute Gasteiger partial charge is 1.00 e. The zero-order valence-electron chi connectivity index (χ0n) is 20.0. The smallest absolute Gasteiger partial charge is 1.00 e. The first-order chi connectivity index (χ1) is 12.8. The van der Waals surface area contributed by atoms with Crippen molar-refractivity contribution in [2.75, 3.05) is 0 Å². The third-order valence-electron chi connectivity index (χ3n) is 7.97. The molecule has 0 fully saturated rings. The second-order valence-electron chi connectivity index (χ2n) is 9.16. The molecule has 2 aliphatic rings. The molecule has 0 radical (unpaired) electrons. The molecular weight excluding hydrogens is 474 g/mol. The van der Waals surface area contributed by atoms with Gasteiger partial charge < -0.3 is 24.8 Å². The van der Waals surface area contributed by atoms with E-state index in [2.05, 4.69) is 79.7 Å². The second kappa shape index (κ2) is 12.5. The molecule has 3 heteroatoms. The molecule has 0 amide bonds. The summed E-state index contributed by atoms with van der Waals surface area (Å²) in [6.07, 6.45) is 17.5. The van der Waals surface area contributed by atoms with E-state index < -0.39 is 23.2 Å². The predicted octanol–water partition coefficient (Wildman–Crippen LogP) is 2.43. The number of halogens is 2. The first kappa shape index (κ1) is 29.4. The van der Waals surface area contributed by atoms with Gasteiger partial charge in [0.15, 0.2) is 0 Å². The van der Waals surface area contributed by atoms with Crippen LogP contribution in [0.2, 0.25) is 0 Å². The maximum absolute atomic E-state index is 2.52. The maximum atomic E-state index is 2.52. The van der Waals surface area contributed by atoms with Crippen LogP contribution in [0.5, 0.6) is 0 Å². The standard InChI is InChI=1S/2C13H21.2ClH.Zr/c2*1-5-13(6-2,11(3)4)12-9-7-8-10-12;;;/h2*7,9,11H,5-6,8H2,1-4H3;2*1H;/q;;;;+2/p-2. The zero-order chi connectivity index (χ0) is 20.2. The summed E-state index contributed by atoms with van der Waals surface area (Å²) in [5, 5.41) is 0. The van der Waals surface area contributed by atoms with Crippen LogP contribution in [0, 0.1) is 22.7 Å². The maximum Gasteiger partial charge on any atom is -1.00 e. The summed E-state index contributed by atoms with van der Waals surface area (Å²) in [5.41, 5.74) is 4.27. The number of hydrogen-bond acceptors (Lipinski definition) is 0. The molecule has 0 unspecified atom stereocenters. The van der Waals surface area contributed by atoms with Gasteiger partial charge in [0.05, 0.1) is 0 Å². The van der Waals surface area contributed by atoms with E-state index in [-0.39, 0.29) is 24.8 Å². The topological polar surface area (TPSA) is 0 Å². The van der Waals surface area contributed by atoms with Gasteiger partial charge in [-0.1, -0.05) is 0 Å². The molecule has 2 aliphatic carbocycles. The van der Waals surface area contributed by atoms with Crippen LogP contribution in [0.1, 0.15) is 93.9 Å². The molecule has 0 aromatic carbocycles. The van der Waals surface area contributed by atoms with Gasteiger partial charge in [0.1, 0.15) is 0 Å². The van der Waals surface area contributed by atoms with Gasteiger partial charge in [-0.2, -0.15) is 0 Å². The molecule has 164 valence electrons. The van der Waals surface area contributed by atoms with Crippen LogP contribution >= 0.6 is 0 Å². The predicted molar refractivity (Wildman–Crippen MR) is 117 cm³/mol. The Morgan fingerprint density at radius 2 is 1.00 bits per heavy atom. The van der Waals surface area contributed by atoms with Gasteiger partial charge in [-0.25, -0.2) is 0 Å². The van der Waals surface area contributed by atoms with Gasteiger partial charge in [0.25, 0.3) is 0 Å². The molecule has 2 rings (SSSR count). The molecule has 0 N–H and O–H groups in total. The normalized spacial score (nSPS) is 16.6. The second-order valence-corrected chi connectivity index (χ2v) is 12.7. The summed E-state index contributed by atoms with van der Waals surface area (Å²) in [7, 11) is 0. The fourth-order valence-corrected chi connectivity index (χ4v) is 10.2. The van der Waals surface area contributed by atoms with Gasteiger partial charge in [0, 0.05) is 0 Å². The van der Waals surface area contributed by atoms with Crippen molar-refractivity contribution in [3.8, 4) is 0 Å². The SMILES string of the molecule is CCC(CC)(C1=[C]([Zr+2][C]2=C(C(CC)(CC)C(C)C)C=CC2)CC=C1)C(C)C.[Cl-].[Cl-]. The Kier molecular flexibility index (Phi) is 12.6. The Bertz CT molecular complexity index is 586. The average molecular weight is 517 g/mol. The van der Waals surface area contributed by atoms with Gasteiger partial charge in [-0.05, 0) is 0 Å². The minimum atomic E-state index is -0.703. The van der Waals surface area contributed by atoms with Gasteiger partial charge in [-0.15, -0.1) is 0 Å². The van der Waals surface area contributed by atoms with E-state index in [1.165, 1.54) is 38.5 Å². The summed E-state index contributed by atoms with van der Waals surface area (Å²) in [6.45, 7) is 19.4. The molecule has 0 aliphatic heterocycles. The number of hydrogen-bond donors (Lipinski definition) is 0. The molecule has 0 spiro atoms. The summed E-state index contributed by atoms with van der Waals surface area (Å²) >= 11 is -0.703. The Balaban J connectivity index is 0.00000392. The molecule has 0 nitrogen and oxygen atoms in total. The van der Waals surface area contributed by atoms with E-state index in [0.717, 1.165) is 11.8 Å². The molecular formula is C26H42Cl2Zr. The van der Waals surface area contributed by atoms with Crippen molar-refractivity contribution in [2.45, 2.75) is 93.9 Å². The monoisotopic (exact) mass is 514 g/mol. The van der Waals surface area contributed by atoms with Crippen LogP contribution in [0.4, 0.5) is 0 Å². The number of allylic oxidation sites excluding steroid dienone is 8. The summed E-state index contributed by atoms with van der Waals surface area (Å²) in [6, 6.07) is 0. The molecule has 0 aromatic heterocycles. The Morgan fingerprint density at radius 3 is 1.24 bits per heavy atom. The summed E-state index contributed by atoms with van der Waals surface area (Å²) in [5.74, 6) is 1.44. The first-order valence-electron chi connectivity index (χ1n) is 11.4. The fourth-order valence-electron chi connectivity index (χ4n) is 5.88. The first-order valence-corrected chi connectivity index (χ1v) is 13.9. The quantitative estimate of drug-likeness (QED) is 0.419. The van der Waals surface area contributed by atoms with Crippen molar-refractivity contribution in [3.63, 3.8) is 0 Å². The van der Waals surface area contributed by atoms with E-state index in [4.69, 9.17) is 0 Å². The Labute approximate surface area is 205 Å². The zero-order valence-corrected chi connectivity index (χ0v) is 23.9. The summed E-state index contributed by atoms with van der Waals surface area (Å²) in [4.78, 5) is 0. The minimum absolute atomic E-state index is 0. The molecule has 0 atom stereocenters. The molecule has 0 aromatic rings. The van der Waals surface area contributed by atoms with E-state index in [1.807, 2.05) is 6.56 Å². The van der Waals surface area contributed by atoms with Crippen LogP contribution in [0.15, 0.2) is 42.0 Å². The third kappa shape index (κ3) is 5.44. The van der Waals surface area contributed by atoms with Crippen molar-refractivity contribution in [3.05, 3.63) is 42.0 Å². The van der Waals surface area contributed by atoms with Crippen molar-refractivity contribution in [1.82, 2.24) is 0 Å². The van der Waals surface area contributed by atoms with Gasteiger partial charge in [-0.3, -0.25) is 0 Å².